The summed E-state index contributed by atoms with van der Waals surface area (Å²) in [6, 6.07) is 6.12. The second-order valence-electron chi connectivity index (χ2n) is 3.74. The van der Waals surface area contributed by atoms with Crippen LogP contribution >= 0.6 is 15.9 Å². The first-order chi connectivity index (χ1) is 8.94. The minimum atomic E-state index is -3.65. The van der Waals surface area contributed by atoms with Crippen LogP contribution in [0.5, 0.6) is 5.75 Å². The quantitative estimate of drug-likeness (QED) is 0.919. The molecule has 1 N–H and O–H groups in total. The molecule has 2 aromatic rings. The fraction of sp³-hybridized carbons (Fsp3) is 0.182. The molecular weight excluding hydrogens is 334 g/mol. The molecule has 0 aliphatic rings. The van der Waals surface area contributed by atoms with E-state index in [1.807, 2.05) is 0 Å². The SMILES string of the molecule is COc1ccc(S(=O)(=O)Nc2ccnn2C)cc1Br. The molecule has 6 nitrogen and oxygen atoms in total. The average molecular weight is 346 g/mol. The lowest BCUT2D eigenvalue weighted by atomic mass is 10.3. The monoisotopic (exact) mass is 345 g/mol. The Kier molecular flexibility index (Phi) is 3.81. The number of sulfonamides is 1. The first kappa shape index (κ1) is 13.9. The Morgan fingerprint density at radius 2 is 2.11 bits per heavy atom. The van der Waals surface area contributed by atoms with Crippen LogP contribution in [0.15, 0.2) is 39.8 Å². The summed E-state index contributed by atoms with van der Waals surface area (Å²) in [7, 11) is -0.479. The summed E-state index contributed by atoms with van der Waals surface area (Å²) in [6.45, 7) is 0. The molecule has 0 saturated heterocycles. The van der Waals surface area contributed by atoms with Crippen molar-refractivity contribution in [2.75, 3.05) is 11.8 Å². The maximum Gasteiger partial charge on any atom is 0.263 e. The van der Waals surface area contributed by atoms with Gasteiger partial charge in [0, 0.05) is 13.1 Å². The molecule has 2 rings (SSSR count). The highest BCUT2D eigenvalue weighted by molar-refractivity contribution is 9.10. The molecular formula is C11H12BrN3O3S. The van der Waals surface area contributed by atoms with Gasteiger partial charge in [-0.3, -0.25) is 9.40 Å². The number of nitrogens with zero attached hydrogens (tertiary/aromatic N) is 2. The minimum Gasteiger partial charge on any atom is -0.496 e. The standard InChI is InChI=1S/C11H12BrN3O3S/c1-15-11(5-6-13-15)14-19(16,17)8-3-4-10(18-2)9(12)7-8/h3-7,14H,1-2H3. The van der Waals surface area contributed by atoms with E-state index in [4.69, 9.17) is 4.74 Å². The zero-order valence-electron chi connectivity index (χ0n) is 10.3. The summed E-state index contributed by atoms with van der Waals surface area (Å²) in [4.78, 5) is 0.140. The molecule has 102 valence electrons. The largest absolute Gasteiger partial charge is 0.496 e. The van der Waals surface area contributed by atoms with Gasteiger partial charge < -0.3 is 4.74 Å². The molecule has 0 unspecified atom stereocenters. The van der Waals surface area contributed by atoms with E-state index in [9.17, 15) is 8.42 Å². The highest BCUT2D eigenvalue weighted by atomic mass is 79.9. The maximum absolute atomic E-state index is 12.2. The molecule has 0 saturated carbocycles. The zero-order chi connectivity index (χ0) is 14.0. The summed E-state index contributed by atoms with van der Waals surface area (Å²) in [5, 5.41) is 3.90. The number of anilines is 1. The number of ether oxygens (including phenoxy) is 1. The van der Waals surface area contributed by atoms with E-state index in [0.29, 0.717) is 16.0 Å². The van der Waals surface area contributed by atoms with E-state index in [1.165, 1.54) is 30.1 Å². The van der Waals surface area contributed by atoms with Crippen molar-refractivity contribution in [3.05, 3.63) is 34.9 Å². The third-order valence-corrected chi connectivity index (χ3v) is 4.47. The normalized spacial score (nSPS) is 11.3. The van der Waals surface area contributed by atoms with Crippen molar-refractivity contribution in [1.82, 2.24) is 9.78 Å². The fourth-order valence-corrected chi connectivity index (χ4v) is 3.29. The van der Waals surface area contributed by atoms with Crippen molar-refractivity contribution in [3.63, 3.8) is 0 Å². The summed E-state index contributed by atoms with van der Waals surface area (Å²) < 4.78 is 33.9. The highest BCUT2D eigenvalue weighted by Gasteiger charge is 2.17. The van der Waals surface area contributed by atoms with Crippen molar-refractivity contribution in [2.24, 2.45) is 7.05 Å². The summed E-state index contributed by atoms with van der Waals surface area (Å²) in [5.41, 5.74) is 0. The average Bonchev–Trinajstić information content (AvgIpc) is 2.74. The van der Waals surface area contributed by atoms with Crippen molar-refractivity contribution in [2.45, 2.75) is 4.90 Å². The van der Waals surface area contributed by atoms with E-state index in [1.54, 1.807) is 19.2 Å². The lowest BCUT2D eigenvalue weighted by molar-refractivity contribution is 0.411. The lowest BCUT2D eigenvalue weighted by Crippen LogP contribution is -2.15. The number of halogens is 1. The smallest absolute Gasteiger partial charge is 0.263 e. The van der Waals surface area contributed by atoms with Crippen LogP contribution in [0.25, 0.3) is 0 Å². The first-order valence-electron chi connectivity index (χ1n) is 5.28. The molecule has 0 amide bonds. The van der Waals surface area contributed by atoms with E-state index in [-0.39, 0.29) is 4.90 Å². The Labute approximate surface area is 119 Å². The molecule has 0 radical (unpaired) electrons. The number of hydrogen-bond acceptors (Lipinski definition) is 4. The predicted molar refractivity (Wildman–Crippen MR) is 74.7 cm³/mol. The third-order valence-electron chi connectivity index (χ3n) is 2.49. The maximum atomic E-state index is 12.2. The van der Waals surface area contributed by atoms with Crippen LogP contribution < -0.4 is 9.46 Å². The number of methoxy groups -OCH3 is 1. The fourth-order valence-electron chi connectivity index (χ4n) is 1.48. The molecule has 1 aromatic carbocycles. The van der Waals surface area contributed by atoms with Gasteiger partial charge in [0.2, 0.25) is 0 Å². The molecule has 1 heterocycles. The van der Waals surface area contributed by atoms with Crippen LogP contribution in [0.2, 0.25) is 0 Å². The Hall–Kier alpha value is -1.54. The summed E-state index contributed by atoms with van der Waals surface area (Å²) >= 11 is 3.26. The Balaban J connectivity index is 2.35. The number of aryl methyl sites for hydroxylation is 1. The van der Waals surface area contributed by atoms with Gasteiger partial charge in [-0.2, -0.15) is 5.10 Å². The first-order valence-corrected chi connectivity index (χ1v) is 7.56. The molecule has 8 heteroatoms. The Morgan fingerprint density at radius 3 is 2.63 bits per heavy atom. The summed E-state index contributed by atoms with van der Waals surface area (Å²) in [6.07, 6.45) is 1.52. The van der Waals surface area contributed by atoms with Crippen LogP contribution in [0.3, 0.4) is 0 Å². The van der Waals surface area contributed by atoms with Gasteiger partial charge in [0.15, 0.2) is 0 Å². The second kappa shape index (κ2) is 5.22. The van der Waals surface area contributed by atoms with Crippen LogP contribution in [-0.4, -0.2) is 25.3 Å². The minimum absolute atomic E-state index is 0.140. The van der Waals surface area contributed by atoms with Crippen LogP contribution in [-0.2, 0) is 17.1 Å². The van der Waals surface area contributed by atoms with Crippen LogP contribution in [0.4, 0.5) is 5.82 Å². The number of aromatic nitrogens is 2. The van der Waals surface area contributed by atoms with E-state index in [2.05, 4.69) is 25.8 Å². The van der Waals surface area contributed by atoms with E-state index in [0.717, 1.165) is 0 Å². The Morgan fingerprint density at radius 1 is 1.37 bits per heavy atom. The molecule has 0 bridgehead atoms. The number of benzene rings is 1. The van der Waals surface area contributed by atoms with Gasteiger partial charge >= 0.3 is 0 Å². The molecule has 0 aliphatic heterocycles. The third kappa shape index (κ3) is 2.90. The van der Waals surface area contributed by atoms with Crippen molar-refractivity contribution in [1.29, 1.82) is 0 Å². The van der Waals surface area contributed by atoms with Crippen LogP contribution in [0, 0.1) is 0 Å². The van der Waals surface area contributed by atoms with E-state index < -0.39 is 10.0 Å². The Bertz CT molecular complexity index is 697. The van der Waals surface area contributed by atoms with Gasteiger partial charge in [-0.15, -0.1) is 0 Å². The number of rotatable bonds is 4. The van der Waals surface area contributed by atoms with Crippen molar-refractivity contribution in [3.8, 4) is 5.75 Å². The molecule has 0 aliphatic carbocycles. The highest BCUT2D eigenvalue weighted by Crippen LogP contribution is 2.28. The second-order valence-corrected chi connectivity index (χ2v) is 6.28. The lowest BCUT2D eigenvalue weighted by Gasteiger charge is -2.09. The van der Waals surface area contributed by atoms with Gasteiger partial charge in [-0.25, -0.2) is 8.42 Å². The van der Waals surface area contributed by atoms with Gasteiger partial charge in [-0.1, -0.05) is 0 Å². The molecule has 1 aromatic heterocycles. The van der Waals surface area contributed by atoms with E-state index >= 15 is 0 Å². The van der Waals surface area contributed by atoms with Gasteiger partial charge in [-0.05, 0) is 34.1 Å². The molecule has 19 heavy (non-hydrogen) atoms. The summed E-state index contributed by atoms with van der Waals surface area (Å²) in [5.74, 6) is 0.964. The molecule has 0 fully saturated rings. The van der Waals surface area contributed by atoms with Crippen molar-refractivity contribution >= 4 is 31.8 Å². The molecule has 0 atom stereocenters. The van der Waals surface area contributed by atoms with Crippen LogP contribution in [0.1, 0.15) is 0 Å². The number of hydrogen-bond donors (Lipinski definition) is 1. The predicted octanol–water partition coefficient (Wildman–Crippen LogP) is 1.99. The topological polar surface area (TPSA) is 73.2 Å². The van der Waals surface area contributed by atoms with Gasteiger partial charge in [0.1, 0.15) is 11.6 Å². The van der Waals surface area contributed by atoms with Gasteiger partial charge in [0.25, 0.3) is 10.0 Å². The van der Waals surface area contributed by atoms with Crippen molar-refractivity contribution < 1.29 is 13.2 Å². The number of nitrogens with one attached hydrogen (secondary N) is 1. The van der Waals surface area contributed by atoms with Gasteiger partial charge in [0.05, 0.1) is 22.7 Å². The molecule has 0 spiro atoms. The zero-order valence-corrected chi connectivity index (χ0v) is 12.7.